The van der Waals surface area contributed by atoms with Gasteiger partial charge in [-0.25, -0.2) is 4.39 Å². The fraction of sp³-hybridized carbons (Fsp3) is 0.333. The van der Waals surface area contributed by atoms with E-state index in [9.17, 15) is 4.39 Å². The van der Waals surface area contributed by atoms with E-state index in [0.717, 1.165) is 22.4 Å². The molecule has 0 aromatic heterocycles. The minimum absolute atomic E-state index is 0.0468. The molecule has 2 rings (SSSR count). The van der Waals surface area contributed by atoms with E-state index in [-0.39, 0.29) is 11.9 Å². The zero-order valence-electron chi connectivity index (χ0n) is 13.0. The minimum Gasteiger partial charge on any atom is -0.457 e. The fourth-order valence-electron chi connectivity index (χ4n) is 2.38. The molecule has 112 valence electrons. The molecular formula is C18H22FNO. The molecular weight excluding hydrogens is 265 g/mol. The number of hydrogen-bond donors (Lipinski definition) is 1. The zero-order valence-corrected chi connectivity index (χ0v) is 13.0. The molecule has 0 fully saturated rings. The summed E-state index contributed by atoms with van der Waals surface area (Å²) in [7, 11) is 0. The molecule has 2 nitrogen and oxygen atoms in total. The highest BCUT2D eigenvalue weighted by Crippen LogP contribution is 2.31. The number of benzene rings is 2. The summed E-state index contributed by atoms with van der Waals surface area (Å²) in [6, 6.07) is 8.66. The molecule has 0 saturated heterocycles. The zero-order chi connectivity index (χ0) is 15.6. The molecule has 0 aliphatic carbocycles. The van der Waals surface area contributed by atoms with Crippen molar-refractivity contribution in [1.82, 2.24) is 0 Å². The molecule has 0 spiro atoms. The Morgan fingerprint density at radius 1 is 1.10 bits per heavy atom. The number of nitrogens with two attached hydrogens (primary N) is 1. The van der Waals surface area contributed by atoms with Crippen molar-refractivity contribution in [2.24, 2.45) is 5.73 Å². The molecule has 0 saturated carbocycles. The van der Waals surface area contributed by atoms with Gasteiger partial charge in [0.2, 0.25) is 0 Å². The van der Waals surface area contributed by atoms with Gasteiger partial charge in [0.25, 0.3) is 0 Å². The summed E-state index contributed by atoms with van der Waals surface area (Å²) < 4.78 is 19.5. The molecule has 21 heavy (non-hydrogen) atoms. The average Bonchev–Trinajstić information content (AvgIpc) is 2.37. The first kappa shape index (κ1) is 15.5. The number of aryl methyl sites for hydroxylation is 2. The molecule has 0 radical (unpaired) electrons. The molecule has 1 atom stereocenters. The quantitative estimate of drug-likeness (QED) is 0.902. The number of rotatable bonds is 4. The third-order valence-corrected chi connectivity index (χ3v) is 3.55. The van der Waals surface area contributed by atoms with Crippen LogP contribution in [0.3, 0.4) is 0 Å². The monoisotopic (exact) mass is 287 g/mol. The van der Waals surface area contributed by atoms with Crippen molar-refractivity contribution in [3.63, 3.8) is 0 Å². The van der Waals surface area contributed by atoms with E-state index >= 15 is 0 Å². The van der Waals surface area contributed by atoms with Gasteiger partial charge in [-0.1, -0.05) is 6.07 Å². The van der Waals surface area contributed by atoms with Crippen LogP contribution in [0, 0.1) is 26.6 Å². The van der Waals surface area contributed by atoms with Gasteiger partial charge in [0.15, 0.2) is 0 Å². The number of ether oxygens (including phenoxy) is 1. The van der Waals surface area contributed by atoms with Crippen LogP contribution in [0.5, 0.6) is 11.5 Å². The largest absolute Gasteiger partial charge is 0.457 e. The van der Waals surface area contributed by atoms with E-state index in [1.165, 1.54) is 17.7 Å². The maximum atomic E-state index is 13.4. The van der Waals surface area contributed by atoms with E-state index in [0.29, 0.717) is 12.2 Å². The summed E-state index contributed by atoms with van der Waals surface area (Å²) in [5.74, 6) is 1.21. The topological polar surface area (TPSA) is 35.2 Å². The SMILES string of the molecule is Cc1cc(C)c(C)c(Oc2ccc(F)cc2CC(C)N)c1. The summed E-state index contributed by atoms with van der Waals surface area (Å²) in [6.45, 7) is 8.02. The lowest BCUT2D eigenvalue weighted by Crippen LogP contribution is -2.18. The van der Waals surface area contributed by atoms with E-state index < -0.39 is 0 Å². The standard InChI is InChI=1S/C18H22FNO/c1-11-7-12(2)14(4)18(8-11)21-17-6-5-16(19)10-15(17)9-13(3)20/h5-8,10,13H,9,20H2,1-4H3. The Balaban J connectivity index is 2.40. The van der Waals surface area contributed by atoms with Gasteiger partial charge >= 0.3 is 0 Å². The highest BCUT2D eigenvalue weighted by atomic mass is 19.1. The van der Waals surface area contributed by atoms with Crippen LogP contribution in [0.1, 0.15) is 29.2 Å². The average molecular weight is 287 g/mol. The predicted octanol–water partition coefficient (Wildman–Crippen LogP) is 4.43. The Kier molecular flexibility index (Phi) is 4.63. The van der Waals surface area contributed by atoms with E-state index in [1.54, 1.807) is 6.07 Å². The normalized spacial score (nSPS) is 12.3. The van der Waals surface area contributed by atoms with Gasteiger partial charge in [0, 0.05) is 6.04 Å². The van der Waals surface area contributed by atoms with Gasteiger partial charge < -0.3 is 10.5 Å². The number of hydrogen-bond acceptors (Lipinski definition) is 2. The van der Waals surface area contributed by atoms with Crippen LogP contribution < -0.4 is 10.5 Å². The Bertz CT molecular complexity index is 650. The van der Waals surface area contributed by atoms with Crippen LogP contribution in [0.4, 0.5) is 4.39 Å². The lowest BCUT2D eigenvalue weighted by molar-refractivity contribution is 0.467. The highest BCUT2D eigenvalue weighted by molar-refractivity contribution is 5.46. The lowest BCUT2D eigenvalue weighted by atomic mass is 10.0. The Hall–Kier alpha value is -1.87. The van der Waals surface area contributed by atoms with Crippen LogP contribution in [-0.2, 0) is 6.42 Å². The van der Waals surface area contributed by atoms with Crippen molar-refractivity contribution in [1.29, 1.82) is 0 Å². The first-order valence-corrected chi connectivity index (χ1v) is 7.16. The molecule has 2 N–H and O–H groups in total. The van der Waals surface area contributed by atoms with Crippen molar-refractivity contribution in [2.75, 3.05) is 0 Å². The van der Waals surface area contributed by atoms with Crippen LogP contribution in [0.15, 0.2) is 30.3 Å². The molecule has 0 aliphatic heterocycles. The smallest absolute Gasteiger partial charge is 0.130 e. The molecule has 2 aromatic carbocycles. The summed E-state index contributed by atoms with van der Waals surface area (Å²) >= 11 is 0. The summed E-state index contributed by atoms with van der Waals surface area (Å²) in [5.41, 5.74) is 10.0. The third kappa shape index (κ3) is 3.82. The summed E-state index contributed by atoms with van der Waals surface area (Å²) in [6.07, 6.45) is 0.580. The van der Waals surface area contributed by atoms with Gasteiger partial charge in [-0.15, -0.1) is 0 Å². The first-order valence-electron chi connectivity index (χ1n) is 7.16. The molecule has 3 heteroatoms. The van der Waals surface area contributed by atoms with Crippen LogP contribution >= 0.6 is 0 Å². The van der Waals surface area contributed by atoms with Gasteiger partial charge in [-0.05, 0) is 80.6 Å². The second-order valence-corrected chi connectivity index (χ2v) is 5.74. The van der Waals surface area contributed by atoms with Crippen LogP contribution in [0.2, 0.25) is 0 Å². The van der Waals surface area contributed by atoms with Gasteiger partial charge in [0.1, 0.15) is 17.3 Å². The molecule has 0 aliphatic rings. The maximum Gasteiger partial charge on any atom is 0.130 e. The molecule has 0 heterocycles. The molecule has 0 bridgehead atoms. The summed E-state index contributed by atoms with van der Waals surface area (Å²) in [4.78, 5) is 0. The Morgan fingerprint density at radius 3 is 2.48 bits per heavy atom. The van der Waals surface area contributed by atoms with Crippen molar-refractivity contribution >= 4 is 0 Å². The van der Waals surface area contributed by atoms with E-state index in [4.69, 9.17) is 10.5 Å². The molecule has 2 aromatic rings. The van der Waals surface area contributed by atoms with Crippen molar-refractivity contribution in [3.8, 4) is 11.5 Å². The Morgan fingerprint density at radius 2 is 1.81 bits per heavy atom. The first-order chi connectivity index (χ1) is 9.86. The van der Waals surface area contributed by atoms with Gasteiger partial charge in [-0.2, -0.15) is 0 Å². The number of halogens is 1. The lowest BCUT2D eigenvalue weighted by Gasteiger charge is -2.16. The second kappa shape index (κ2) is 6.27. The minimum atomic E-state index is -0.268. The van der Waals surface area contributed by atoms with E-state index in [2.05, 4.69) is 13.0 Å². The molecule has 1 unspecified atom stereocenters. The highest BCUT2D eigenvalue weighted by Gasteiger charge is 2.11. The van der Waals surface area contributed by atoms with E-state index in [1.807, 2.05) is 26.8 Å². The van der Waals surface area contributed by atoms with Gasteiger partial charge in [0.05, 0.1) is 0 Å². The Labute approximate surface area is 125 Å². The summed E-state index contributed by atoms with van der Waals surface area (Å²) in [5, 5.41) is 0. The maximum absolute atomic E-state index is 13.4. The fourth-order valence-corrected chi connectivity index (χ4v) is 2.38. The van der Waals surface area contributed by atoms with Crippen molar-refractivity contribution in [2.45, 2.75) is 40.2 Å². The van der Waals surface area contributed by atoms with Crippen LogP contribution in [-0.4, -0.2) is 6.04 Å². The third-order valence-electron chi connectivity index (χ3n) is 3.55. The predicted molar refractivity (Wildman–Crippen MR) is 84.5 cm³/mol. The second-order valence-electron chi connectivity index (χ2n) is 5.74. The van der Waals surface area contributed by atoms with Crippen molar-refractivity contribution in [3.05, 3.63) is 58.4 Å². The van der Waals surface area contributed by atoms with Gasteiger partial charge in [-0.3, -0.25) is 0 Å². The van der Waals surface area contributed by atoms with Crippen LogP contribution in [0.25, 0.3) is 0 Å². The van der Waals surface area contributed by atoms with Crippen molar-refractivity contribution < 1.29 is 9.13 Å². The molecule has 0 amide bonds.